The van der Waals surface area contributed by atoms with E-state index in [4.69, 9.17) is 14.6 Å². The second-order valence-electron chi connectivity index (χ2n) is 10.1. The Bertz CT molecular complexity index is 1330. The average Bonchev–Trinajstić information content (AvgIpc) is 2.86. The molecule has 0 atom stereocenters. The fraction of sp³-hybridized carbons (Fsp3) is 0.367. The smallest absolute Gasteiger partial charge is 0.335 e. The molecule has 0 aromatic heterocycles. The number of benzene rings is 3. The highest BCUT2D eigenvalue weighted by molar-refractivity contribution is 7.92. The third kappa shape index (κ3) is 7.07. The first kappa shape index (κ1) is 29.0. The predicted molar refractivity (Wildman–Crippen MR) is 150 cm³/mol. The molecule has 3 aromatic carbocycles. The molecule has 38 heavy (non-hydrogen) atoms. The maximum atomic E-state index is 13.8. The van der Waals surface area contributed by atoms with Gasteiger partial charge >= 0.3 is 5.97 Å². The Morgan fingerprint density at radius 2 is 1.37 bits per heavy atom. The standard InChI is InChI=1S/C30H37NO6S/c1-19(2)23-17-25(20(3)4)29(26(18-23)21(5)6)38(34,35)31-27-9-7-8-10-28(27)37-16-15-36-24-13-11-22(12-14-24)30(32)33/h7-14,17-21,31H,15-16H2,1-6H3,(H,32,33). The van der Waals surface area contributed by atoms with Crippen LogP contribution < -0.4 is 14.2 Å². The zero-order valence-corrected chi connectivity index (χ0v) is 23.6. The Morgan fingerprint density at radius 1 is 0.816 bits per heavy atom. The zero-order valence-electron chi connectivity index (χ0n) is 22.8. The number of carboxylic acids is 1. The summed E-state index contributed by atoms with van der Waals surface area (Å²) in [7, 11) is -3.92. The predicted octanol–water partition coefficient (Wildman–Crippen LogP) is 7.01. The summed E-state index contributed by atoms with van der Waals surface area (Å²) in [5, 5.41) is 9.00. The maximum absolute atomic E-state index is 13.8. The van der Waals surface area contributed by atoms with Crippen molar-refractivity contribution < 1.29 is 27.8 Å². The van der Waals surface area contributed by atoms with Crippen molar-refractivity contribution in [3.63, 3.8) is 0 Å². The van der Waals surface area contributed by atoms with Crippen LogP contribution in [0.4, 0.5) is 5.69 Å². The number of nitrogens with one attached hydrogen (secondary N) is 1. The molecule has 0 spiro atoms. The van der Waals surface area contributed by atoms with Gasteiger partial charge in [0.05, 0.1) is 16.1 Å². The number of rotatable bonds is 12. The molecular weight excluding hydrogens is 502 g/mol. The fourth-order valence-electron chi connectivity index (χ4n) is 4.08. The lowest BCUT2D eigenvalue weighted by Crippen LogP contribution is -2.20. The molecule has 3 rings (SSSR count). The third-order valence-electron chi connectivity index (χ3n) is 6.19. The largest absolute Gasteiger partial charge is 0.490 e. The molecule has 2 N–H and O–H groups in total. The Labute approximate surface area is 225 Å². The van der Waals surface area contributed by atoms with Crippen molar-refractivity contribution in [2.75, 3.05) is 17.9 Å². The minimum Gasteiger partial charge on any atom is -0.490 e. The van der Waals surface area contributed by atoms with Gasteiger partial charge in [0.2, 0.25) is 0 Å². The number of hydrogen-bond acceptors (Lipinski definition) is 5. The van der Waals surface area contributed by atoms with E-state index in [9.17, 15) is 13.2 Å². The van der Waals surface area contributed by atoms with Gasteiger partial charge in [-0.2, -0.15) is 0 Å². The number of carboxylic acid groups (broad SMARTS) is 1. The van der Waals surface area contributed by atoms with Crippen LogP contribution in [0.15, 0.2) is 65.6 Å². The second kappa shape index (κ2) is 12.3. The van der Waals surface area contributed by atoms with E-state index in [2.05, 4.69) is 18.6 Å². The van der Waals surface area contributed by atoms with Crippen molar-refractivity contribution in [2.45, 2.75) is 64.2 Å². The lowest BCUT2D eigenvalue weighted by atomic mass is 9.89. The van der Waals surface area contributed by atoms with E-state index in [0.29, 0.717) is 22.1 Å². The normalized spacial score (nSPS) is 11.7. The van der Waals surface area contributed by atoms with Crippen LogP contribution in [0.2, 0.25) is 0 Å². The zero-order chi connectivity index (χ0) is 28.0. The van der Waals surface area contributed by atoms with Crippen molar-refractivity contribution in [1.29, 1.82) is 0 Å². The minimum absolute atomic E-state index is 0.0194. The van der Waals surface area contributed by atoms with Gasteiger partial charge in [-0.25, -0.2) is 13.2 Å². The summed E-state index contributed by atoms with van der Waals surface area (Å²) in [5.41, 5.74) is 3.24. The van der Waals surface area contributed by atoms with Crippen LogP contribution in [0.5, 0.6) is 11.5 Å². The van der Waals surface area contributed by atoms with E-state index >= 15 is 0 Å². The van der Waals surface area contributed by atoms with Gasteiger partial charge < -0.3 is 14.6 Å². The van der Waals surface area contributed by atoms with Gasteiger partial charge in [-0.1, -0.05) is 65.8 Å². The summed E-state index contributed by atoms with van der Waals surface area (Å²) in [4.78, 5) is 11.3. The topological polar surface area (TPSA) is 102 Å². The monoisotopic (exact) mass is 539 g/mol. The number of carbonyl (C=O) groups is 1. The summed E-state index contributed by atoms with van der Waals surface area (Å²) in [6, 6.07) is 17.0. The highest BCUT2D eigenvalue weighted by Gasteiger charge is 2.27. The molecule has 0 aliphatic rings. The van der Waals surface area contributed by atoms with Gasteiger partial charge in [-0.3, -0.25) is 4.72 Å². The summed E-state index contributed by atoms with van der Waals surface area (Å²) >= 11 is 0. The van der Waals surface area contributed by atoms with Gasteiger partial charge in [0.25, 0.3) is 10.0 Å². The van der Waals surface area contributed by atoms with Crippen LogP contribution in [-0.4, -0.2) is 32.7 Å². The van der Waals surface area contributed by atoms with Gasteiger partial charge in [0.15, 0.2) is 0 Å². The van der Waals surface area contributed by atoms with E-state index in [-0.39, 0.29) is 36.5 Å². The van der Waals surface area contributed by atoms with Crippen LogP contribution in [0.3, 0.4) is 0 Å². The van der Waals surface area contributed by atoms with Crippen LogP contribution >= 0.6 is 0 Å². The van der Waals surface area contributed by atoms with Crippen molar-refractivity contribution in [1.82, 2.24) is 0 Å². The highest BCUT2D eigenvalue weighted by Crippen LogP contribution is 2.37. The molecule has 0 unspecified atom stereocenters. The quantitative estimate of drug-likeness (QED) is 0.240. The molecule has 0 aliphatic heterocycles. The molecule has 204 valence electrons. The van der Waals surface area contributed by atoms with Crippen LogP contribution in [-0.2, 0) is 10.0 Å². The highest BCUT2D eigenvalue weighted by atomic mass is 32.2. The van der Waals surface area contributed by atoms with E-state index in [1.54, 1.807) is 36.4 Å². The molecule has 0 bridgehead atoms. The van der Waals surface area contributed by atoms with Crippen molar-refractivity contribution >= 4 is 21.7 Å². The number of sulfonamides is 1. The molecule has 0 aliphatic carbocycles. The molecule has 0 saturated heterocycles. The number of hydrogen-bond donors (Lipinski definition) is 2. The Balaban J connectivity index is 1.81. The first-order valence-corrected chi connectivity index (χ1v) is 14.3. The Kier molecular flexibility index (Phi) is 9.44. The SMILES string of the molecule is CC(C)c1cc(C(C)C)c(S(=O)(=O)Nc2ccccc2OCCOc2ccc(C(=O)O)cc2)c(C(C)C)c1. The molecule has 3 aromatic rings. The summed E-state index contributed by atoms with van der Waals surface area (Å²) < 4.78 is 41.9. The summed E-state index contributed by atoms with van der Waals surface area (Å²) in [6.45, 7) is 12.6. The summed E-state index contributed by atoms with van der Waals surface area (Å²) in [5.74, 6) is 0.214. The summed E-state index contributed by atoms with van der Waals surface area (Å²) in [6.07, 6.45) is 0. The maximum Gasteiger partial charge on any atom is 0.335 e. The Morgan fingerprint density at radius 3 is 1.89 bits per heavy atom. The molecule has 7 nitrogen and oxygen atoms in total. The van der Waals surface area contributed by atoms with Crippen LogP contribution in [0.1, 0.15) is 86.3 Å². The van der Waals surface area contributed by atoms with E-state index < -0.39 is 16.0 Å². The van der Waals surface area contributed by atoms with E-state index in [0.717, 1.165) is 16.7 Å². The minimum atomic E-state index is -3.92. The number of anilines is 1. The first-order valence-electron chi connectivity index (χ1n) is 12.8. The van der Waals surface area contributed by atoms with Crippen LogP contribution in [0, 0.1) is 0 Å². The number of aromatic carboxylic acids is 1. The van der Waals surface area contributed by atoms with Gasteiger partial charge in [-0.05, 0) is 70.8 Å². The third-order valence-corrected chi connectivity index (χ3v) is 7.69. The van der Waals surface area contributed by atoms with E-state index in [1.165, 1.54) is 12.1 Å². The van der Waals surface area contributed by atoms with Gasteiger partial charge in [0.1, 0.15) is 24.7 Å². The molecule has 0 saturated carbocycles. The average molecular weight is 540 g/mol. The second-order valence-corrected chi connectivity index (χ2v) is 11.7. The number of ether oxygens (including phenoxy) is 2. The molecule has 0 heterocycles. The van der Waals surface area contributed by atoms with Crippen molar-refractivity contribution in [3.05, 3.63) is 82.9 Å². The lowest BCUT2D eigenvalue weighted by Gasteiger charge is -2.23. The molecule has 0 amide bonds. The number of para-hydroxylation sites is 2. The van der Waals surface area contributed by atoms with Crippen LogP contribution in [0.25, 0.3) is 0 Å². The lowest BCUT2D eigenvalue weighted by molar-refractivity contribution is 0.0696. The first-order chi connectivity index (χ1) is 17.9. The molecule has 8 heteroatoms. The van der Waals surface area contributed by atoms with Crippen molar-refractivity contribution in [3.8, 4) is 11.5 Å². The molecule has 0 radical (unpaired) electrons. The van der Waals surface area contributed by atoms with Gasteiger partial charge in [0, 0.05) is 0 Å². The van der Waals surface area contributed by atoms with E-state index in [1.807, 2.05) is 39.8 Å². The molecule has 0 fully saturated rings. The van der Waals surface area contributed by atoms with Crippen molar-refractivity contribution in [2.24, 2.45) is 0 Å². The van der Waals surface area contributed by atoms with Gasteiger partial charge in [-0.15, -0.1) is 0 Å². The molecular formula is C30H37NO6S. The Hall–Kier alpha value is -3.52. The fourth-order valence-corrected chi connectivity index (χ4v) is 5.85.